The summed E-state index contributed by atoms with van der Waals surface area (Å²) < 4.78 is 27.4. The molecule has 0 aromatic heterocycles. The SMILES string of the molecule is COC1=CC(C[C@H](C)[C@@](C)(Cc2cc(OC)c(OC)c(OC)c2)OC(=O)C(C)C)=CC(=O)C1=O. The van der Waals surface area contributed by atoms with Crippen molar-refractivity contribution in [3.05, 3.63) is 41.2 Å². The molecule has 0 N–H and O–H groups in total. The van der Waals surface area contributed by atoms with E-state index >= 15 is 0 Å². The van der Waals surface area contributed by atoms with Crippen LogP contribution in [0.2, 0.25) is 0 Å². The number of benzene rings is 1. The van der Waals surface area contributed by atoms with Gasteiger partial charge in [0.25, 0.3) is 5.78 Å². The van der Waals surface area contributed by atoms with E-state index in [4.69, 9.17) is 23.7 Å². The standard InChI is InChI=1S/C26H34O8/c1-15(2)25(29)34-26(4,14-18-12-21(31-6)24(33-8)22(13-18)32-7)16(3)9-17-10-19(27)23(28)20(11-17)30-5/h10-13,15-16H,9,14H2,1-8H3/t16-,26+/m0/s1. The fraction of sp³-hybridized carbons (Fsp3) is 0.500. The molecule has 1 aromatic rings. The molecule has 0 amide bonds. The van der Waals surface area contributed by atoms with Crippen molar-refractivity contribution >= 4 is 17.5 Å². The Kier molecular flexibility index (Phi) is 8.90. The molecule has 0 aliphatic heterocycles. The fourth-order valence-electron chi connectivity index (χ4n) is 3.77. The van der Waals surface area contributed by atoms with E-state index < -0.39 is 17.2 Å². The highest BCUT2D eigenvalue weighted by atomic mass is 16.6. The minimum Gasteiger partial charge on any atom is -0.493 e. The fourth-order valence-corrected chi connectivity index (χ4v) is 3.77. The maximum atomic E-state index is 12.6. The van der Waals surface area contributed by atoms with Gasteiger partial charge in [0, 0.05) is 12.3 Å². The highest BCUT2D eigenvalue weighted by Crippen LogP contribution is 2.41. The van der Waals surface area contributed by atoms with Gasteiger partial charge in [-0.05, 0) is 48.8 Å². The van der Waals surface area contributed by atoms with Gasteiger partial charge >= 0.3 is 5.97 Å². The van der Waals surface area contributed by atoms with Gasteiger partial charge in [-0.1, -0.05) is 20.8 Å². The number of methoxy groups -OCH3 is 4. The monoisotopic (exact) mass is 474 g/mol. The van der Waals surface area contributed by atoms with Crippen LogP contribution in [0, 0.1) is 11.8 Å². The maximum Gasteiger partial charge on any atom is 0.308 e. The van der Waals surface area contributed by atoms with Crippen molar-refractivity contribution in [1.29, 1.82) is 0 Å². The quantitative estimate of drug-likeness (QED) is 0.271. The molecule has 0 saturated heterocycles. The highest BCUT2D eigenvalue weighted by Gasteiger charge is 2.38. The number of allylic oxidation sites excluding steroid dienone is 4. The number of ether oxygens (including phenoxy) is 5. The zero-order valence-corrected chi connectivity index (χ0v) is 21.1. The summed E-state index contributed by atoms with van der Waals surface area (Å²) in [5.41, 5.74) is 0.501. The Balaban J connectivity index is 2.44. The Morgan fingerprint density at radius 3 is 1.97 bits per heavy atom. The Morgan fingerprint density at radius 2 is 1.50 bits per heavy atom. The smallest absolute Gasteiger partial charge is 0.308 e. The molecule has 0 fully saturated rings. The normalized spacial score (nSPS) is 16.3. The summed E-state index contributed by atoms with van der Waals surface area (Å²) >= 11 is 0. The number of rotatable bonds is 11. The van der Waals surface area contributed by atoms with Gasteiger partial charge in [0.15, 0.2) is 17.3 Å². The van der Waals surface area contributed by atoms with Gasteiger partial charge in [0.2, 0.25) is 11.5 Å². The van der Waals surface area contributed by atoms with Crippen LogP contribution >= 0.6 is 0 Å². The summed E-state index contributed by atoms with van der Waals surface area (Å²) in [7, 11) is 5.95. The molecular formula is C26H34O8. The number of ketones is 2. The summed E-state index contributed by atoms with van der Waals surface area (Å²) in [6.45, 7) is 7.34. The van der Waals surface area contributed by atoms with Gasteiger partial charge in [-0.2, -0.15) is 0 Å². The lowest BCUT2D eigenvalue weighted by Gasteiger charge is -2.37. The minimum atomic E-state index is -0.946. The van der Waals surface area contributed by atoms with Gasteiger partial charge in [-0.15, -0.1) is 0 Å². The first-order valence-electron chi connectivity index (χ1n) is 11.1. The largest absolute Gasteiger partial charge is 0.493 e. The van der Waals surface area contributed by atoms with Gasteiger partial charge in [-0.25, -0.2) is 0 Å². The lowest BCUT2D eigenvalue weighted by atomic mass is 9.79. The van der Waals surface area contributed by atoms with E-state index in [1.54, 1.807) is 19.9 Å². The average molecular weight is 475 g/mol. The van der Waals surface area contributed by atoms with Crippen LogP contribution < -0.4 is 14.2 Å². The minimum absolute atomic E-state index is 0.000190. The molecule has 2 atom stereocenters. The molecule has 0 heterocycles. The molecule has 0 spiro atoms. The number of hydrogen-bond acceptors (Lipinski definition) is 8. The molecule has 186 valence electrons. The molecule has 8 heteroatoms. The van der Waals surface area contributed by atoms with E-state index in [0.717, 1.165) is 5.56 Å². The van der Waals surface area contributed by atoms with E-state index in [2.05, 4.69) is 0 Å². The van der Waals surface area contributed by atoms with E-state index in [9.17, 15) is 14.4 Å². The predicted molar refractivity (Wildman–Crippen MR) is 126 cm³/mol. The zero-order valence-electron chi connectivity index (χ0n) is 21.1. The number of Topliss-reactive ketones (excluding diaryl/α,β-unsaturated/α-hetero) is 1. The van der Waals surface area contributed by atoms with Crippen LogP contribution in [0.25, 0.3) is 0 Å². The molecule has 1 aliphatic carbocycles. The molecule has 1 aromatic carbocycles. The van der Waals surface area contributed by atoms with Crippen molar-refractivity contribution in [2.45, 2.75) is 46.1 Å². The van der Waals surface area contributed by atoms with Crippen LogP contribution in [0.15, 0.2) is 35.6 Å². The maximum absolute atomic E-state index is 12.6. The van der Waals surface area contributed by atoms with Crippen LogP contribution in [0.3, 0.4) is 0 Å². The van der Waals surface area contributed by atoms with Crippen molar-refractivity contribution in [3.8, 4) is 17.2 Å². The van der Waals surface area contributed by atoms with Gasteiger partial charge in [-0.3, -0.25) is 14.4 Å². The van der Waals surface area contributed by atoms with E-state index in [1.807, 2.05) is 26.0 Å². The summed E-state index contributed by atoms with van der Waals surface area (Å²) in [5.74, 6) is -0.732. The van der Waals surface area contributed by atoms with E-state index in [1.165, 1.54) is 34.5 Å². The Hall–Kier alpha value is -3.29. The molecule has 0 bridgehead atoms. The van der Waals surface area contributed by atoms with Crippen molar-refractivity contribution in [3.63, 3.8) is 0 Å². The summed E-state index contributed by atoms with van der Waals surface area (Å²) in [5, 5.41) is 0. The van der Waals surface area contributed by atoms with Crippen LogP contribution in [0.1, 0.15) is 39.7 Å². The molecule has 1 aliphatic rings. The van der Waals surface area contributed by atoms with Crippen molar-refractivity contribution in [2.24, 2.45) is 11.8 Å². The zero-order chi connectivity index (χ0) is 25.6. The van der Waals surface area contributed by atoms with Gasteiger partial charge < -0.3 is 23.7 Å². The van der Waals surface area contributed by atoms with Crippen molar-refractivity contribution in [1.82, 2.24) is 0 Å². The van der Waals surface area contributed by atoms with Crippen LogP contribution in [0.5, 0.6) is 17.2 Å². The molecular weight excluding hydrogens is 440 g/mol. The van der Waals surface area contributed by atoms with Crippen LogP contribution in [-0.2, 0) is 30.3 Å². The topological polar surface area (TPSA) is 97.4 Å². The number of hydrogen-bond donors (Lipinski definition) is 0. The number of carbonyl (C=O) groups is 3. The van der Waals surface area contributed by atoms with Crippen molar-refractivity contribution < 1.29 is 38.1 Å². The molecule has 8 nitrogen and oxygen atoms in total. The third kappa shape index (κ3) is 5.98. The van der Waals surface area contributed by atoms with E-state index in [-0.39, 0.29) is 23.6 Å². The summed E-state index contributed by atoms with van der Waals surface area (Å²) in [4.78, 5) is 36.7. The third-order valence-corrected chi connectivity index (χ3v) is 5.97. The molecule has 0 unspecified atom stereocenters. The second-order valence-corrected chi connectivity index (χ2v) is 8.83. The second-order valence-electron chi connectivity index (χ2n) is 8.83. The molecule has 0 radical (unpaired) electrons. The van der Waals surface area contributed by atoms with Crippen LogP contribution in [-0.4, -0.2) is 51.6 Å². The second kappa shape index (κ2) is 11.2. The van der Waals surface area contributed by atoms with Crippen LogP contribution in [0.4, 0.5) is 0 Å². The average Bonchev–Trinajstić information content (AvgIpc) is 2.80. The Bertz CT molecular complexity index is 979. The van der Waals surface area contributed by atoms with Gasteiger partial charge in [0.1, 0.15) is 5.60 Å². The van der Waals surface area contributed by atoms with Crippen molar-refractivity contribution in [2.75, 3.05) is 28.4 Å². The predicted octanol–water partition coefficient (Wildman–Crippen LogP) is 3.85. The van der Waals surface area contributed by atoms with E-state index in [0.29, 0.717) is 35.7 Å². The first-order chi connectivity index (χ1) is 16.0. The molecule has 0 saturated carbocycles. The lowest BCUT2D eigenvalue weighted by molar-refractivity contribution is -0.167. The third-order valence-electron chi connectivity index (χ3n) is 5.97. The highest BCUT2D eigenvalue weighted by molar-refractivity contribution is 6.47. The molecule has 34 heavy (non-hydrogen) atoms. The number of esters is 1. The van der Waals surface area contributed by atoms with Gasteiger partial charge in [0.05, 0.1) is 34.4 Å². The Labute approximate surface area is 200 Å². The Morgan fingerprint density at radius 1 is 0.912 bits per heavy atom. The first kappa shape index (κ1) is 27.0. The lowest BCUT2D eigenvalue weighted by Crippen LogP contribution is -2.42. The molecule has 2 rings (SSSR count). The number of carbonyl (C=O) groups excluding carboxylic acids is 3. The summed E-state index contributed by atoms with van der Waals surface area (Å²) in [6.07, 6.45) is 3.61. The summed E-state index contributed by atoms with van der Waals surface area (Å²) in [6, 6.07) is 3.64. The first-order valence-corrected chi connectivity index (χ1v) is 11.1.